The molecule has 2 atom stereocenters. The Morgan fingerprint density at radius 1 is 1.43 bits per heavy atom. The highest BCUT2D eigenvalue weighted by Crippen LogP contribution is 2.47. The van der Waals surface area contributed by atoms with Gasteiger partial charge in [-0.25, -0.2) is 13.2 Å². The Hall–Kier alpha value is -1.64. The predicted octanol–water partition coefficient (Wildman–Crippen LogP) is 3.84. The fourth-order valence-corrected chi connectivity index (χ4v) is 5.79. The molecule has 2 aliphatic heterocycles. The third-order valence-corrected chi connectivity index (χ3v) is 7.13. The fourth-order valence-electron chi connectivity index (χ4n) is 4.39. The van der Waals surface area contributed by atoms with E-state index in [2.05, 4.69) is 16.8 Å². The summed E-state index contributed by atoms with van der Waals surface area (Å²) in [5.41, 5.74) is 0.820. The molecule has 0 amide bonds. The minimum Gasteiger partial charge on any atom is -0.369 e. The highest BCUT2D eigenvalue weighted by atomic mass is 32.1. The number of ether oxygens (including phenoxy) is 1. The number of hydrogen-bond donors (Lipinski definition) is 1. The molecule has 0 saturated carbocycles. The van der Waals surface area contributed by atoms with Crippen molar-refractivity contribution in [3.05, 3.63) is 55.4 Å². The van der Waals surface area contributed by atoms with E-state index in [4.69, 9.17) is 4.74 Å². The zero-order valence-electron chi connectivity index (χ0n) is 15.6. The van der Waals surface area contributed by atoms with Gasteiger partial charge in [0.15, 0.2) is 0 Å². The van der Waals surface area contributed by atoms with E-state index in [1.54, 1.807) is 0 Å². The number of H-pyrrole nitrogens is 1. The smallest absolute Gasteiger partial charge is 0.252 e. The van der Waals surface area contributed by atoms with E-state index in [1.165, 1.54) is 17.4 Å². The zero-order valence-corrected chi connectivity index (χ0v) is 16.5. The van der Waals surface area contributed by atoms with Crippen molar-refractivity contribution in [1.29, 1.82) is 0 Å². The Morgan fingerprint density at radius 2 is 2.25 bits per heavy atom. The molecule has 8 heteroatoms. The zero-order chi connectivity index (χ0) is 19.9. The monoisotopic (exact) mass is 412 g/mol. The van der Waals surface area contributed by atoms with Crippen LogP contribution in [0.1, 0.15) is 40.6 Å². The Bertz CT molecular complexity index is 913. The quantitative estimate of drug-likeness (QED) is 0.830. The highest BCUT2D eigenvalue weighted by molar-refractivity contribution is 7.12. The van der Waals surface area contributed by atoms with Gasteiger partial charge in [0.1, 0.15) is 11.4 Å². The van der Waals surface area contributed by atoms with Crippen molar-refractivity contribution >= 4 is 11.3 Å². The molecular formula is C20H23F3N2O2S. The van der Waals surface area contributed by atoms with Crippen molar-refractivity contribution in [3.8, 4) is 0 Å². The summed E-state index contributed by atoms with van der Waals surface area (Å²) in [6.45, 7) is 3.73. The summed E-state index contributed by atoms with van der Waals surface area (Å²) < 4.78 is 45.3. The summed E-state index contributed by atoms with van der Waals surface area (Å²) in [7, 11) is 0. The van der Waals surface area contributed by atoms with Gasteiger partial charge in [0.05, 0.1) is 6.61 Å². The van der Waals surface area contributed by atoms with Crippen molar-refractivity contribution in [1.82, 2.24) is 9.88 Å². The van der Waals surface area contributed by atoms with Gasteiger partial charge >= 0.3 is 0 Å². The molecule has 0 aromatic carbocycles. The number of piperidine rings is 1. The van der Waals surface area contributed by atoms with Gasteiger partial charge in [-0.3, -0.25) is 9.69 Å². The summed E-state index contributed by atoms with van der Waals surface area (Å²) in [5.74, 6) is -0.457. The number of halogens is 3. The third-order valence-electron chi connectivity index (χ3n) is 5.75. The van der Waals surface area contributed by atoms with Crippen LogP contribution in [-0.2, 0) is 29.7 Å². The molecule has 4 nitrogen and oxygen atoms in total. The lowest BCUT2D eigenvalue weighted by molar-refractivity contribution is -0.110. The van der Waals surface area contributed by atoms with Gasteiger partial charge in [-0.2, -0.15) is 0 Å². The third kappa shape index (κ3) is 3.77. The lowest BCUT2D eigenvalue weighted by Crippen LogP contribution is -2.50. The van der Waals surface area contributed by atoms with E-state index in [1.807, 2.05) is 6.07 Å². The second-order valence-electron chi connectivity index (χ2n) is 7.70. The number of nitrogens with zero attached hydrogens (tertiary/aromatic N) is 1. The molecule has 1 spiro atoms. The Kier molecular flexibility index (Phi) is 5.37. The van der Waals surface area contributed by atoms with Crippen molar-refractivity contribution in [2.24, 2.45) is 0 Å². The van der Waals surface area contributed by atoms with Crippen LogP contribution in [-0.4, -0.2) is 35.5 Å². The second kappa shape index (κ2) is 7.65. The molecule has 0 unspecified atom stereocenters. The minimum atomic E-state index is -2.35. The Morgan fingerprint density at radius 3 is 3.00 bits per heavy atom. The number of nitrogens with one attached hydrogen (secondary N) is 1. The summed E-state index contributed by atoms with van der Waals surface area (Å²) in [4.78, 5) is 18.3. The number of alkyl halides is 2. The minimum absolute atomic E-state index is 0.114. The fraction of sp³-hybridized carbons (Fsp3) is 0.550. The standard InChI is InChI=1S/C20H23F3N2O2S/c1-12-9-20(3-4-25(12)11-14-6-15(21)10-24-19(14)26)18-13(2-5-27-20)7-16(28-18)8-17(22)23/h6-7,10,12,17H,2-5,8-9,11H2,1H3,(H,24,26)/t12-,20+/m0/s1. The molecule has 4 rings (SSSR count). The Labute approximate surface area is 165 Å². The lowest BCUT2D eigenvalue weighted by Gasteiger charge is -2.47. The molecule has 0 aliphatic carbocycles. The summed E-state index contributed by atoms with van der Waals surface area (Å²) in [6, 6.07) is 3.31. The lowest BCUT2D eigenvalue weighted by atomic mass is 9.82. The van der Waals surface area contributed by atoms with Crippen molar-refractivity contribution in [2.75, 3.05) is 13.2 Å². The molecule has 1 saturated heterocycles. The molecule has 4 heterocycles. The van der Waals surface area contributed by atoms with Crippen LogP contribution in [0.4, 0.5) is 13.2 Å². The number of fused-ring (bicyclic) bond motifs is 2. The second-order valence-corrected chi connectivity index (χ2v) is 8.84. The topological polar surface area (TPSA) is 45.3 Å². The number of pyridine rings is 1. The number of hydrogen-bond acceptors (Lipinski definition) is 4. The Balaban J connectivity index is 1.53. The van der Waals surface area contributed by atoms with Crippen molar-refractivity contribution in [2.45, 2.75) is 57.2 Å². The van der Waals surface area contributed by atoms with Gasteiger partial charge in [0.25, 0.3) is 5.56 Å². The molecule has 28 heavy (non-hydrogen) atoms. The van der Waals surface area contributed by atoms with E-state index in [9.17, 15) is 18.0 Å². The van der Waals surface area contributed by atoms with E-state index >= 15 is 0 Å². The molecule has 152 valence electrons. The predicted molar refractivity (Wildman–Crippen MR) is 101 cm³/mol. The molecule has 1 fully saturated rings. The van der Waals surface area contributed by atoms with Crippen LogP contribution in [0.25, 0.3) is 0 Å². The molecular weight excluding hydrogens is 389 g/mol. The first-order chi connectivity index (χ1) is 13.4. The number of rotatable bonds is 4. The summed E-state index contributed by atoms with van der Waals surface area (Å²) in [5, 5.41) is 0. The number of thiophene rings is 1. The molecule has 0 radical (unpaired) electrons. The van der Waals surface area contributed by atoms with E-state index in [-0.39, 0.29) is 18.0 Å². The molecule has 2 aromatic rings. The van der Waals surface area contributed by atoms with Gasteiger partial charge in [0, 0.05) is 47.1 Å². The first-order valence-corrected chi connectivity index (χ1v) is 10.3. The van der Waals surface area contributed by atoms with Gasteiger partial charge in [0.2, 0.25) is 6.43 Å². The summed E-state index contributed by atoms with van der Waals surface area (Å²) in [6.07, 6.45) is 0.715. The van der Waals surface area contributed by atoms with Gasteiger partial charge < -0.3 is 9.72 Å². The summed E-state index contributed by atoms with van der Waals surface area (Å²) >= 11 is 1.45. The van der Waals surface area contributed by atoms with Crippen molar-refractivity contribution in [3.63, 3.8) is 0 Å². The largest absolute Gasteiger partial charge is 0.369 e. The maximum absolute atomic E-state index is 13.5. The average molecular weight is 412 g/mol. The molecule has 0 bridgehead atoms. The van der Waals surface area contributed by atoms with Crippen LogP contribution in [0, 0.1) is 5.82 Å². The van der Waals surface area contributed by atoms with Crippen LogP contribution in [0.5, 0.6) is 0 Å². The van der Waals surface area contributed by atoms with Crippen LogP contribution in [0.2, 0.25) is 0 Å². The normalized spacial score (nSPS) is 25.4. The number of aromatic amines is 1. The van der Waals surface area contributed by atoms with Crippen LogP contribution >= 0.6 is 11.3 Å². The maximum Gasteiger partial charge on any atom is 0.252 e. The molecule has 2 aromatic heterocycles. The van der Waals surface area contributed by atoms with Crippen LogP contribution in [0.15, 0.2) is 23.1 Å². The maximum atomic E-state index is 13.5. The van der Waals surface area contributed by atoms with E-state index in [0.717, 1.165) is 35.9 Å². The molecule has 2 aliphatic rings. The SMILES string of the molecule is C[C@H]1C[C@@]2(CCN1Cc1cc(F)c[nH]c1=O)OCCc1cc(CC(F)F)sc12. The van der Waals surface area contributed by atoms with E-state index in [0.29, 0.717) is 30.1 Å². The highest BCUT2D eigenvalue weighted by Gasteiger charge is 2.45. The average Bonchev–Trinajstić information content (AvgIpc) is 3.04. The number of aromatic nitrogens is 1. The first kappa shape index (κ1) is 19.7. The van der Waals surface area contributed by atoms with Crippen LogP contribution < -0.4 is 5.56 Å². The van der Waals surface area contributed by atoms with Crippen LogP contribution in [0.3, 0.4) is 0 Å². The first-order valence-electron chi connectivity index (χ1n) is 9.51. The van der Waals surface area contributed by atoms with Gasteiger partial charge in [-0.1, -0.05) is 0 Å². The number of likely N-dealkylation sites (tertiary alicyclic amines) is 1. The van der Waals surface area contributed by atoms with E-state index < -0.39 is 17.8 Å². The van der Waals surface area contributed by atoms with Crippen molar-refractivity contribution < 1.29 is 17.9 Å². The van der Waals surface area contributed by atoms with Gasteiger partial charge in [-0.15, -0.1) is 11.3 Å². The van der Waals surface area contributed by atoms with Gasteiger partial charge in [-0.05, 0) is 43.9 Å². The molecule has 1 N–H and O–H groups in total.